The second-order valence-electron chi connectivity index (χ2n) is 6.91. The van der Waals surface area contributed by atoms with E-state index in [9.17, 15) is 4.79 Å². The Balaban J connectivity index is 1.66. The third-order valence-electron chi connectivity index (χ3n) is 5.04. The molecule has 1 unspecified atom stereocenters. The third kappa shape index (κ3) is 4.95. The number of likely N-dealkylation sites (tertiary alicyclic amines) is 1. The van der Waals surface area contributed by atoms with Crippen LogP contribution in [0.3, 0.4) is 0 Å². The molecule has 0 aliphatic carbocycles. The monoisotopic (exact) mass is 406 g/mol. The fourth-order valence-corrected chi connectivity index (χ4v) is 3.98. The fraction of sp³-hybridized carbons (Fsp3) is 0.381. The van der Waals surface area contributed by atoms with Crippen LogP contribution in [-0.4, -0.2) is 38.1 Å². The highest BCUT2D eigenvalue weighted by molar-refractivity contribution is 6.35. The minimum Gasteiger partial charge on any atom is -0.497 e. The van der Waals surface area contributed by atoms with Crippen LogP contribution < -0.4 is 9.64 Å². The molecule has 0 N–H and O–H groups in total. The van der Waals surface area contributed by atoms with E-state index in [1.165, 1.54) is 0 Å². The summed E-state index contributed by atoms with van der Waals surface area (Å²) < 4.78 is 5.27. The number of amides is 1. The van der Waals surface area contributed by atoms with E-state index in [-0.39, 0.29) is 11.8 Å². The normalized spacial score (nSPS) is 17.6. The predicted octanol–water partition coefficient (Wildman–Crippen LogP) is 4.88. The zero-order valence-corrected chi connectivity index (χ0v) is 17.1. The van der Waals surface area contributed by atoms with Crippen LogP contribution in [0.25, 0.3) is 0 Å². The molecule has 0 saturated carbocycles. The van der Waals surface area contributed by atoms with E-state index in [1.807, 2.05) is 43.4 Å². The number of methoxy groups -OCH3 is 1. The van der Waals surface area contributed by atoms with Crippen molar-refractivity contribution < 1.29 is 9.53 Å². The quantitative estimate of drug-likeness (QED) is 0.709. The second kappa shape index (κ2) is 8.96. The molecule has 0 spiro atoms. The highest BCUT2D eigenvalue weighted by atomic mass is 35.5. The number of carbonyl (C=O) groups excluding carboxylic acids is 1. The van der Waals surface area contributed by atoms with E-state index in [4.69, 9.17) is 27.9 Å². The molecule has 4 nitrogen and oxygen atoms in total. The van der Waals surface area contributed by atoms with E-state index in [0.717, 1.165) is 49.5 Å². The van der Waals surface area contributed by atoms with Crippen molar-refractivity contribution >= 4 is 34.8 Å². The van der Waals surface area contributed by atoms with E-state index < -0.39 is 0 Å². The van der Waals surface area contributed by atoms with E-state index in [1.54, 1.807) is 18.1 Å². The van der Waals surface area contributed by atoms with Gasteiger partial charge in [-0.3, -0.25) is 9.69 Å². The number of hydrogen-bond donors (Lipinski definition) is 0. The highest BCUT2D eigenvalue weighted by Crippen LogP contribution is 2.27. The smallest absolute Gasteiger partial charge is 0.231 e. The molecule has 3 rings (SSSR count). The van der Waals surface area contributed by atoms with Gasteiger partial charge < -0.3 is 9.64 Å². The van der Waals surface area contributed by atoms with Gasteiger partial charge >= 0.3 is 0 Å². The van der Waals surface area contributed by atoms with Crippen molar-refractivity contribution in [2.45, 2.75) is 19.4 Å². The SMILES string of the molecule is COc1cccc(N(C)C(=O)C2CCCN(Cc3ccc(Cl)cc3Cl)C2)c1. The average molecular weight is 407 g/mol. The summed E-state index contributed by atoms with van der Waals surface area (Å²) in [6.45, 7) is 2.42. The summed E-state index contributed by atoms with van der Waals surface area (Å²) in [6.07, 6.45) is 1.89. The van der Waals surface area contributed by atoms with Crippen molar-refractivity contribution in [1.82, 2.24) is 4.90 Å². The van der Waals surface area contributed by atoms with Gasteiger partial charge in [0, 0.05) is 41.9 Å². The number of piperidine rings is 1. The summed E-state index contributed by atoms with van der Waals surface area (Å²) in [5.41, 5.74) is 1.88. The van der Waals surface area contributed by atoms with Crippen LogP contribution in [0, 0.1) is 5.92 Å². The van der Waals surface area contributed by atoms with Crippen molar-refractivity contribution in [3.05, 3.63) is 58.1 Å². The molecule has 2 aromatic rings. The molecule has 1 atom stereocenters. The Morgan fingerprint density at radius 1 is 1.26 bits per heavy atom. The predicted molar refractivity (Wildman–Crippen MR) is 111 cm³/mol. The van der Waals surface area contributed by atoms with Crippen molar-refractivity contribution in [2.75, 3.05) is 32.1 Å². The summed E-state index contributed by atoms with van der Waals surface area (Å²) in [4.78, 5) is 17.0. The Labute approximate surface area is 170 Å². The number of ether oxygens (including phenoxy) is 1. The molecule has 144 valence electrons. The van der Waals surface area contributed by atoms with Crippen molar-refractivity contribution in [1.29, 1.82) is 0 Å². The Morgan fingerprint density at radius 3 is 2.81 bits per heavy atom. The summed E-state index contributed by atoms with van der Waals surface area (Å²) in [5, 5.41) is 1.31. The number of anilines is 1. The van der Waals surface area contributed by atoms with Gasteiger partial charge in [0.15, 0.2) is 0 Å². The molecule has 1 aliphatic rings. The molecule has 27 heavy (non-hydrogen) atoms. The van der Waals surface area contributed by atoms with Gasteiger partial charge in [-0.05, 0) is 49.2 Å². The zero-order valence-electron chi connectivity index (χ0n) is 15.6. The van der Waals surface area contributed by atoms with Crippen LogP contribution in [0.2, 0.25) is 10.0 Å². The van der Waals surface area contributed by atoms with Gasteiger partial charge in [-0.15, -0.1) is 0 Å². The highest BCUT2D eigenvalue weighted by Gasteiger charge is 2.28. The molecule has 0 radical (unpaired) electrons. The molecule has 1 amide bonds. The summed E-state index contributed by atoms with van der Waals surface area (Å²) in [5.74, 6) is 0.853. The van der Waals surface area contributed by atoms with E-state index >= 15 is 0 Å². The zero-order chi connectivity index (χ0) is 19.4. The maximum Gasteiger partial charge on any atom is 0.231 e. The largest absolute Gasteiger partial charge is 0.497 e. The van der Waals surface area contributed by atoms with Gasteiger partial charge in [0.2, 0.25) is 5.91 Å². The Kier molecular flexibility index (Phi) is 6.64. The molecule has 0 aromatic heterocycles. The summed E-state index contributed by atoms with van der Waals surface area (Å²) >= 11 is 12.3. The van der Waals surface area contributed by atoms with Crippen molar-refractivity contribution in [2.24, 2.45) is 5.92 Å². The number of carbonyl (C=O) groups is 1. The molecule has 6 heteroatoms. The Hall–Kier alpha value is -1.75. The van der Waals surface area contributed by atoms with Crippen LogP contribution in [0.15, 0.2) is 42.5 Å². The lowest BCUT2D eigenvalue weighted by Gasteiger charge is -2.34. The van der Waals surface area contributed by atoms with Crippen molar-refractivity contribution in [3.63, 3.8) is 0 Å². The number of rotatable bonds is 5. The molecular weight excluding hydrogens is 383 g/mol. The molecule has 1 saturated heterocycles. The first-order valence-electron chi connectivity index (χ1n) is 9.06. The molecule has 1 heterocycles. The van der Waals surface area contributed by atoms with Gasteiger partial charge in [0.25, 0.3) is 0 Å². The number of benzene rings is 2. The maximum atomic E-state index is 13.0. The molecule has 1 aliphatic heterocycles. The van der Waals surface area contributed by atoms with Gasteiger partial charge in [-0.1, -0.05) is 35.3 Å². The van der Waals surface area contributed by atoms with Crippen molar-refractivity contribution in [3.8, 4) is 5.75 Å². The minimum atomic E-state index is -0.0268. The van der Waals surface area contributed by atoms with Gasteiger partial charge in [-0.25, -0.2) is 0 Å². The maximum absolute atomic E-state index is 13.0. The first kappa shape index (κ1) is 20.0. The van der Waals surface area contributed by atoms with E-state index in [0.29, 0.717) is 10.0 Å². The van der Waals surface area contributed by atoms with Gasteiger partial charge in [0.05, 0.1) is 13.0 Å². The topological polar surface area (TPSA) is 32.8 Å². The molecular formula is C21H24Cl2N2O2. The van der Waals surface area contributed by atoms with Crippen LogP contribution >= 0.6 is 23.2 Å². The van der Waals surface area contributed by atoms with E-state index in [2.05, 4.69) is 4.90 Å². The number of hydrogen-bond acceptors (Lipinski definition) is 3. The molecule has 0 bridgehead atoms. The Bertz CT molecular complexity index is 813. The standard InChI is InChI=1S/C21H24Cl2N2O2/c1-24(18-6-3-7-19(12-18)27-2)21(26)16-5-4-10-25(14-16)13-15-8-9-17(22)11-20(15)23/h3,6-9,11-12,16H,4-5,10,13-14H2,1-2H3. The van der Waals surface area contributed by atoms with Gasteiger partial charge in [0.1, 0.15) is 5.75 Å². The summed E-state index contributed by atoms with van der Waals surface area (Å²) in [6, 6.07) is 13.2. The third-order valence-corrected chi connectivity index (χ3v) is 5.62. The van der Waals surface area contributed by atoms with Crippen LogP contribution in [0.1, 0.15) is 18.4 Å². The first-order valence-corrected chi connectivity index (χ1v) is 9.81. The van der Waals surface area contributed by atoms with Gasteiger partial charge in [-0.2, -0.15) is 0 Å². The second-order valence-corrected chi connectivity index (χ2v) is 7.75. The number of halogens is 2. The Morgan fingerprint density at radius 2 is 2.07 bits per heavy atom. The summed E-state index contributed by atoms with van der Waals surface area (Å²) in [7, 11) is 3.45. The lowest BCUT2D eigenvalue weighted by molar-refractivity contribution is -0.123. The molecule has 1 fully saturated rings. The first-order chi connectivity index (χ1) is 13.0. The van der Waals surface area contributed by atoms with Crippen LogP contribution in [0.4, 0.5) is 5.69 Å². The molecule has 2 aromatic carbocycles. The number of nitrogens with zero attached hydrogens (tertiary/aromatic N) is 2. The fourth-order valence-electron chi connectivity index (χ4n) is 3.51. The average Bonchev–Trinajstić information content (AvgIpc) is 2.69. The van der Waals surface area contributed by atoms with Crippen LogP contribution in [0.5, 0.6) is 5.75 Å². The lowest BCUT2D eigenvalue weighted by Crippen LogP contribution is -2.43. The lowest BCUT2D eigenvalue weighted by atomic mass is 9.96. The minimum absolute atomic E-state index is 0.0268. The van der Waals surface area contributed by atoms with Crippen LogP contribution in [-0.2, 0) is 11.3 Å².